The molecule has 4 nitrogen and oxygen atoms in total. The van der Waals surface area contributed by atoms with Crippen LogP contribution in [0.5, 0.6) is 0 Å². The van der Waals surface area contributed by atoms with Gasteiger partial charge in [-0.1, -0.05) is 18.2 Å². The van der Waals surface area contributed by atoms with Gasteiger partial charge in [0.15, 0.2) is 0 Å². The van der Waals surface area contributed by atoms with E-state index in [4.69, 9.17) is 5.11 Å². The first-order valence-electron chi connectivity index (χ1n) is 5.28. The van der Waals surface area contributed by atoms with Crippen molar-refractivity contribution in [1.82, 2.24) is 4.98 Å². The smallest absolute Gasteiger partial charge is 0.0942 e. The number of hydrogen-bond acceptors (Lipinski definition) is 4. The molecular formula is C12H13IN2O2. The molecule has 90 valence electrons. The average Bonchev–Trinajstić information content (AvgIpc) is 2.37. The van der Waals surface area contributed by atoms with E-state index in [0.29, 0.717) is 6.54 Å². The summed E-state index contributed by atoms with van der Waals surface area (Å²) in [5.74, 6) is 0. The van der Waals surface area contributed by atoms with Gasteiger partial charge < -0.3 is 15.5 Å². The summed E-state index contributed by atoms with van der Waals surface area (Å²) in [4.78, 5) is 4.33. The van der Waals surface area contributed by atoms with E-state index in [-0.39, 0.29) is 6.61 Å². The molecule has 0 spiro atoms. The summed E-state index contributed by atoms with van der Waals surface area (Å²) in [6, 6.07) is 7.82. The van der Waals surface area contributed by atoms with E-state index in [1.807, 2.05) is 24.3 Å². The molecule has 0 aliphatic carbocycles. The van der Waals surface area contributed by atoms with Gasteiger partial charge in [-0.25, -0.2) is 0 Å². The Morgan fingerprint density at radius 2 is 2.12 bits per heavy atom. The number of aliphatic hydroxyl groups is 2. The minimum atomic E-state index is -0.752. The van der Waals surface area contributed by atoms with E-state index in [1.165, 1.54) is 0 Å². The van der Waals surface area contributed by atoms with Crippen molar-refractivity contribution in [2.45, 2.75) is 6.10 Å². The van der Waals surface area contributed by atoms with E-state index in [9.17, 15) is 5.11 Å². The highest BCUT2D eigenvalue weighted by Crippen LogP contribution is 2.26. The second-order valence-electron chi connectivity index (χ2n) is 3.72. The van der Waals surface area contributed by atoms with Crippen LogP contribution in [-0.4, -0.2) is 34.5 Å². The molecule has 3 N–H and O–H groups in total. The molecule has 0 amide bonds. The predicted octanol–water partition coefficient (Wildman–Crippen LogP) is 1.60. The number of fused-ring (bicyclic) bond motifs is 1. The number of hydrogen-bond donors (Lipinski definition) is 3. The second kappa shape index (κ2) is 5.61. The van der Waals surface area contributed by atoms with Crippen molar-refractivity contribution >= 4 is 39.2 Å². The summed E-state index contributed by atoms with van der Waals surface area (Å²) in [5.41, 5.74) is 1.86. The van der Waals surface area contributed by atoms with Gasteiger partial charge in [0.1, 0.15) is 0 Å². The van der Waals surface area contributed by atoms with Crippen molar-refractivity contribution in [2.24, 2.45) is 0 Å². The van der Waals surface area contributed by atoms with E-state index >= 15 is 0 Å². The Hall–Kier alpha value is -0.920. The highest BCUT2D eigenvalue weighted by Gasteiger charge is 2.08. The Bertz CT molecular complexity index is 519. The Morgan fingerprint density at radius 1 is 1.35 bits per heavy atom. The summed E-state index contributed by atoms with van der Waals surface area (Å²) in [5, 5.41) is 22.3. The molecule has 0 aliphatic rings. The van der Waals surface area contributed by atoms with Crippen LogP contribution in [0.3, 0.4) is 0 Å². The van der Waals surface area contributed by atoms with Crippen LogP contribution < -0.4 is 5.32 Å². The van der Waals surface area contributed by atoms with Crippen LogP contribution >= 0.6 is 22.6 Å². The van der Waals surface area contributed by atoms with Gasteiger partial charge in [0.05, 0.1) is 27.5 Å². The molecule has 1 atom stereocenters. The topological polar surface area (TPSA) is 65.4 Å². The average molecular weight is 344 g/mol. The van der Waals surface area contributed by atoms with Crippen LogP contribution in [0.4, 0.5) is 5.69 Å². The monoisotopic (exact) mass is 344 g/mol. The molecule has 1 unspecified atom stereocenters. The number of nitrogens with zero attached hydrogens (tertiary/aromatic N) is 1. The van der Waals surface area contributed by atoms with Crippen LogP contribution in [0.2, 0.25) is 0 Å². The molecule has 5 heteroatoms. The quantitative estimate of drug-likeness (QED) is 0.738. The third-order valence-corrected chi connectivity index (χ3v) is 3.27. The van der Waals surface area contributed by atoms with Crippen molar-refractivity contribution in [1.29, 1.82) is 0 Å². The van der Waals surface area contributed by atoms with Crippen molar-refractivity contribution in [3.05, 3.63) is 34.0 Å². The first-order chi connectivity index (χ1) is 8.22. The first-order valence-corrected chi connectivity index (χ1v) is 6.36. The summed E-state index contributed by atoms with van der Waals surface area (Å²) in [7, 11) is 0. The molecule has 0 saturated carbocycles. The van der Waals surface area contributed by atoms with E-state index in [0.717, 1.165) is 20.2 Å². The molecule has 0 saturated heterocycles. The molecule has 1 aromatic carbocycles. The van der Waals surface area contributed by atoms with Crippen LogP contribution in [-0.2, 0) is 0 Å². The molecular weight excluding hydrogens is 331 g/mol. The fourth-order valence-corrected chi connectivity index (χ4v) is 2.20. The number of rotatable bonds is 4. The molecule has 1 heterocycles. The van der Waals surface area contributed by atoms with Gasteiger partial charge >= 0.3 is 0 Å². The SMILES string of the molecule is OCC(O)CNc1c(I)cnc2ccccc12. The van der Waals surface area contributed by atoms with Gasteiger partial charge in [-0.15, -0.1) is 0 Å². The van der Waals surface area contributed by atoms with Crippen LogP contribution in [0.15, 0.2) is 30.5 Å². The summed E-state index contributed by atoms with van der Waals surface area (Å²) in [6.45, 7) is 0.0765. The van der Waals surface area contributed by atoms with Crippen molar-refractivity contribution in [3.8, 4) is 0 Å². The number of halogens is 1. The number of pyridine rings is 1. The third kappa shape index (κ3) is 2.85. The lowest BCUT2D eigenvalue weighted by molar-refractivity contribution is 0.105. The van der Waals surface area contributed by atoms with Gasteiger partial charge in [0, 0.05) is 18.1 Å². The van der Waals surface area contributed by atoms with E-state index in [1.54, 1.807) is 6.20 Å². The maximum absolute atomic E-state index is 9.35. The first kappa shape index (κ1) is 12.5. The molecule has 0 aliphatic heterocycles. The Balaban J connectivity index is 2.34. The van der Waals surface area contributed by atoms with Crippen LogP contribution in [0.25, 0.3) is 10.9 Å². The zero-order valence-electron chi connectivity index (χ0n) is 9.10. The van der Waals surface area contributed by atoms with Crippen molar-refractivity contribution < 1.29 is 10.2 Å². The summed E-state index contributed by atoms with van der Waals surface area (Å²) >= 11 is 2.20. The number of benzene rings is 1. The largest absolute Gasteiger partial charge is 0.394 e. The zero-order chi connectivity index (χ0) is 12.3. The Morgan fingerprint density at radius 3 is 2.88 bits per heavy atom. The number of aromatic nitrogens is 1. The fourth-order valence-electron chi connectivity index (χ4n) is 1.58. The lowest BCUT2D eigenvalue weighted by Crippen LogP contribution is -2.23. The van der Waals surface area contributed by atoms with Crippen LogP contribution in [0.1, 0.15) is 0 Å². The van der Waals surface area contributed by atoms with Gasteiger partial charge in [-0.2, -0.15) is 0 Å². The summed E-state index contributed by atoms with van der Waals surface area (Å²) < 4.78 is 0.992. The molecule has 0 fully saturated rings. The van der Waals surface area contributed by atoms with Gasteiger partial charge in [0.2, 0.25) is 0 Å². The predicted molar refractivity (Wildman–Crippen MR) is 76.0 cm³/mol. The number of anilines is 1. The molecule has 2 aromatic rings. The highest BCUT2D eigenvalue weighted by molar-refractivity contribution is 14.1. The molecule has 0 bridgehead atoms. The zero-order valence-corrected chi connectivity index (χ0v) is 11.3. The number of nitrogens with one attached hydrogen (secondary N) is 1. The van der Waals surface area contributed by atoms with Crippen LogP contribution in [0, 0.1) is 3.57 Å². The minimum absolute atomic E-state index is 0.243. The lowest BCUT2D eigenvalue weighted by Gasteiger charge is -2.13. The third-order valence-electron chi connectivity index (χ3n) is 2.45. The van der Waals surface area contributed by atoms with E-state index < -0.39 is 6.10 Å². The number of para-hydroxylation sites is 1. The van der Waals surface area contributed by atoms with Crippen molar-refractivity contribution in [2.75, 3.05) is 18.5 Å². The van der Waals surface area contributed by atoms with E-state index in [2.05, 4.69) is 32.9 Å². The van der Waals surface area contributed by atoms with Gasteiger partial charge in [-0.3, -0.25) is 4.98 Å². The second-order valence-corrected chi connectivity index (χ2v) is 4.88. The molecule has 0 radical (unpaired) electrons. The molecule has 17 heavy (non-hydrogen) atoms. The summed E-state index contributed by atoms with van der Waals surface area (Å²) in [6.07, 6.45) is 1.04. The lowest BCUT2D eigenvalue weighted by atomic mass is 10.2. The van der Waals surface area contributed by atoms with Gasteiger partial charge in [0.25, 0.3) is 0 Å². The maximum atomic E-state index is 9.35. The molecule has 1 aromatic heterocycles. The maximum Gasteiger partial charge on any atom is 0.0942 e. The van der Waals surface area contributed by atoms with Gasteiger partial charge in [-0.05, 0) is 28.7 Å². The fraction of sp³-hybridized carbons (Fsp3) is 0.250. The number of aliphatic hydroxyl groups excluding tert-OH is 2. The highest BCUT2D eigenvalue weighted by atomic mass is 127. The normalized spacial score (nSPS) is 12.6. The molecule has 2 rings (SSSR count). The Kier molecular flexibility index (Phi) is 4.14. The minimum Gasteiger partial charge on any atom is -0.394 e. The van der Waals surface area contributed by atoms with Crippen molar-refractivity contribution in [3.63, 3.8) is 0 Å². The Labute approximate surface area is 113 Å². The standard InChI is InChI=1S/C12H13IN2O2/c13-10-6-14-11-4-2-1-3-9(11)12(10)15-5-8(17)7-16/h1-4,6,8,16-17H,5,7H2,(H,14,15).